The summed E-state index contributed by atoms with van der Waals surface area (Å²) < 4.78 is 0. The minimum Gasteiger partial charge on any atom is -0.377 e. The highest BCUT2D eigenvalue weighted by molar-refractivity contribution is 6.32. The molecule has 1 saturated heterocycles. The van der Waals surface area contributed by atoms with Gasteiger partial charge in [-0.05, 0) is 36.6 Å². The lowest BCUT2D eigenvalue weighted by atomic mass is 10.1. The quantitative estimate of drug-likeness (QED) is 0.794. The van der Waals surface area contributed by atoms with Crippen molar-refractivity contribution in [2.45, 2.75) is 18.2 Å². The zero-order valence-corrected chi connectivity index (χ0v) is 16.4. The molecule has 1 heterocycles. The van der Waals surface area contributed by atoms with Gasteiger partial charge in [-0.1, -0.05) is 30.3 Å². The number of amides is 2. The highest BCUT2D eigenvalue weighted by Crippen LogP contribution is 2.27. The minimum atomic E-state index is -0.794. The average Bonchev–Trinajstić information content (AvgIpc) is 3.22. The fraction of sp³-hybridized carbons (Fsp3) is 0.333. The van der Waals surface area contributed by atoms with Crippen LogP contribution >= 0.6 is 11.6 Å². The van der Waals surface area contributed by atoms with Gasteiger partial charge in [0.1, 0.15) is 5.38 Å². The zero-order chi connectivity index (χ0) is 19.4. The van der Waals surface area contributed by atoms with Crippen LogP contribution in [0.25, 0.3) is 0 Å². The maximum Gasteiger partial charge on any atom is 0.256 e. The van der Waals surface area contributed by atoms with E-state index in [1.54, 1.807) is 12.1 Å². The summed E-state index contributed by atoms with van der Waals surface area (Å²) in [5, 5.41) is 2.04. The Morgan fingerprint density at radius 2 is 1.74 bits per heavy atom. The number of hydrogen-bond donors (Lipinski definition) is 1. The second kappa shape index (κ2) is 8.44. The van der Waals surface area contributed by atoms with E-state index in [9.17, 15) is 9.59 Å². The summed E-state index contributed by atoms with van der Waals surface area (Å²) in [6, 6.07) is 14.6. The first-order chi connectivity index (χ1) is 13.0. The molecule has 1 atom stereocenters. The van der Waals surface area contributed by atoms with Crippen LogP contribution in [0.2, 0.25) is 0 Å². The van der Waals surface area contributed by atoms with Gasteiger partial charge in [-0.15, -0.1) is 11.6 Å². The molecule has 0 unspecified atom stereocenters. The molecule has 3 rings (SSSR count). The third-order valence-electron chi connectivity index (χ3n) is 4.69. The van der Waals surface area contributed by atoms with E-state index in [1.165, 1.54) is 0 Å². The Kier molecular flexibility index (Phi) is 6.01. The topological polar surface area (TPSA) is 52.7 Å². The third kappa shape index (κ3) is 4.42. The molecule has 142 valence electrons. The number of rotatable bonds is 5. The molecule has 2 aromatic rings. The number of benzene rings is 2. The van der Waals surface area contributed by atoms with E-state index in [0.29, 0.717) is 11.3 Å². The molecular weight excluding hydrogens is 362 g/mol. The number of nitrogens with one attached hydrogen (secondary N) is 1. The van der Waals surface area contributed by atoms with Crippen molar-refractivity contribution in [3.8, 4) is 0 Å². The summed E-state index contributed by atoms with van der Waals surface area (Å²) in [5.74, 6) is -0.321. The SMILES string of the molecule is CN(C)c1ccc(NC(=O)[C@@H](Cl)c2ccccc2)cc1C(=O)N1CCCC1. The zero-order valence-electron chi connectivity index (χ0n) is 15.6. The summed E-state index contributed by atoms with van der Waals surface area (Å²) in [4.78, 5) is 29.2. The number of alkyl halides is 1. The Morgan fingerprint density at radius 3 is 2.37 bits per heavy atom. The van der Waals surface area contributed by atoms with E-state index in [0.717, 1.165) is 37.2 Å². The van der Waals surface area contributed by atoms with E-state index in [-0.39, 0.29) is 11.8 Å². The molecule has 2 aromatic carbocycles. The van der Waals surface area contributed by atoms with Crippen LogP contribution < -0.4 is 10.2 Å². The molecule has 6 heteroatoms. The van der Waals surface area contributed by atoms with Crippen LogP contribution in [-0.4, -0.2) is 43.9 Å². The van der Waals surface area contributed by atoms with Crippen molar-refractivity contribution in [2.24, 2.45) is 0 Å². The van der Waals surface area contributed by atoms with Gasteiger partial charge in [0, 0.05) is 38.6 Å². The van der Waals surface area contributed by atoms with Gasteiger partial charge in [0.15, 0.2) is 0 Å². The van der Waals surface area contributed by atoms with Crippen LogP contribution in [0.4, 0.5) is 11.4 Å². The molecule has 0 aliphatic carbocycles. The highest BCUT2D eigenvalue weighted by Gasteiger charge is 2.24. The van der Waals surface area contributed by atoms with E-state index < -0.39 is 5.38 Å². The first-order valence-corrected chi connectivity index (χ1v) is 9.51. The van der Waals surface area contributed by atoms with Crippen LogP contribution in [-0.2, 0) is 4.79 Å². The maximum atomic E-state index is 12.9. The van der Waals surface area contributed by atoms with Gasteiger partial charge in [-0.3, -0.25) is 9.59 Å². The van der Waals surface area contributed by atoms with Gasteiger partial charge >= 0.3 is 0 Å². The Hall–Kier alpha value is -2.53. The van der Waals surface area contributed by atoms with Crippen molar-refractivity contribution < 1.29 is 9.59 Å². The van der Waals surface area contributed by atoms with E-state index in [2.05, 4.69) is 5.32 Å². The van der Waals surface area contributed by atoms with Crippen molar-refractivity contribution in [1.29, 1.82) is 0 Å². The molecule has 0 saturated carbocycles. The van der Waals surface area contributed by atoms with Crippen LogP contribution in [0.5, 0.6) is 0 Å². The molecule has 0 aromatic heterocycles. The molecule has 0 radical (unpaired) electrons. The Morgan fingerprint density at radius 1 is 1.07 bits per heavy atom. The van der Waals surface area contributed by atoms with Gasteiger partial charge < -0.3 is 15.1 Å². The fourth-order valence-corrected chi connectivity index (χ4v) is 3.44. The maximum absolute atomic E-state index is 12.9. The molecule has 27 heavy (non-hydrogen) atoms. The molecule has 1 N–H and O–H groups in total. The van der Waals surface area contributed by atoms with Crippen LogP contribution in [0, 0.1) is 0 Å². The van der Waals surface area contributed by atoms with Gasteiger partial charge in [0.25, 0.3) is 5.91 Å². The summed E-state index contributed by atoms with van der Waals surface area (Å²) in [6.45, 7) is 1.56. The average molecular weight is 386 g/mol. The van der Waals surface area contributed by atoms with Gasteiger partial charge in [-0.25, -0.2) is 0 Å². The molecule has 0 bridgehead atoms. The van der Waals surface area contributed by atoms with E-state index >= 15 is 0 Å². The normalized spacial score (nSPS) is 14.7. The largest absolute Gasteiger partial charge is 0.377 e. The van der Waals surface area contributed by atoms with Gasteiger partial charge in [0.2, 0.25) is 5.91 Å². The van der Waals surface area contributed by atoms with Gasteiger partial charge in [-0.2, -0.15) is 0 Å². The lowest BCUT2D eigenvalue weighted by Crippen LogP contribution is -2.29. The number of hydrogen-bond acceptors (Lipinski definition) is 3. The van der Waals surface area contributed by atoms with Crippen molar-refractivity contribution in [1.82, 2.24) is 4.90 Å². The first kappa shape index (κ1) is 19.2. The Bertz CT molecular complexity index is 817. The summed E-state index contributed by atoms with van der Waals surface area (Å²) in [5.41, 5.74) is 2.71. The highest BCUT2D eigenvalue weighted by atomic mass is 35.5. The lowest BCUT2D eigenvalue weighted by Gasteiger charge is -2.22. The van der Waals surface area contributed by atoms with Crippen molar-refractivity contribution in [3.05, 3.63) is 59.7 Å². The second-order valence-corrected chi connectivity index (χ2v) is 7.32. The number of nitrogens with zero attached hydrogens (tertiary/aromatic N) is 2. The van der Waals surface area contributed by atoms with Crippen molar-refractivity contribution >= 4 is 34.8 Å². The molecule has 1 aliphatic rings. The Labute approximate surface area is 164 Å². The molecule has 1 aliphatic heterocycles. The van der Waals surface area contributed by atoms with Crippen LogP contribution in [0.3, 0.4) is 0 Å². The van der Waals surface area contributed by atoms with Gasteiger partial charge in [0.05, 0.1) is 5.56 Å². The monoisotopic (exact) mass is 385 g/mol. The molecular formula is C21H24ClN3O2. The predicted octanol–water partition coefficient (Wildman–Crippen LogP) is 3.91. The fourth-order valence-electron chi connectivity index (χ4n) is 3.24. The number of likely N-dealkylation sites (tertiary alicyclic amines) is 1. The standard InChI is InChI=1S/C21H24ClN3O2/c1-24(2)18-11-10-16(14-17(18)21(27)25-12-6-7-13-25)23-20(26)19(22)15-8-4-3-5-9-15/h3-5,8-11,14,19H,6-7,12-13H2,1-2H3,(H,23,26)/t19-/m0/s1. The predicted molar refractivity (Wildman–Crippen MR) is 110 cm³/mol. The lowest BCUT2D eigenvalue weighted by molar-refractivity contribution is -0.116. The first-order valence-electron chi connectivity index (χ1n) is 9.08. The number of carbonyl (C=O) groups is 2. The second-order valence-electron chi connectivity index (χ2n) is 6.89. The molecule has 5 nitrogen and oxygen atoms in total. The Balaban J connectivity index is 1.82. The minimum absolute atomic E-state index is 0.00205. The van der Waals surface area contributed by atoms with E-state index in [4.69, 9.17) is 11.6 Å². The molecule has 0 spiro atoms. The van der Waals surface area contributed by atoms with E-state index in [1.807, 2.05) is 60.3 Å². The van der Waals surface area contributed by atoms with Crippen molar-refractivity contribution in [3.63, 3.8) is 0 Å². The van der Waals surface area contributed by atoms with Crippen LogP contribution in [0.1, 0.15) is 34.1 Å². The van der Waals surface area contributed by atoms with Crippen molar-refractivity contribution in [2.75, 3.05) is 37.4 Å². The number of halogens is 1. The molecule has 1 fully saturated rings. The summed E-state index contributed by atoms with van der Waals surface area (Å²) >= 11 is 6.30. The summed E-state index contributed by atoms with van der Waals surface area (Å²) in [6.07, 6.45) is 2.06. The summed E-state index contributed by atoms with van der Waals surface area (Å²) in [7, 11) is 3.80. The number of anilines is 2. The number of carbonyl (C=O) groups excluding carboxylic acids is 2. The smallest absolute Gasteiger partial charge is 0.256 e. The molecule has 2 amide bonds. The third-order valence-corrected chi connectivity index (χ3v) is 5.14. The van der Waals surface area contributed by atoms with Crippen LogP contribution in [0.15, 0.2) is 48.5 Å².